The molecular weight excluding hydrogens is 266 g/mol. The molecular formula is C17H23NO3. The first-order valence-corrected chi connectivity index (χ1v) is 7.39. The van der Waals surface area contributed by atoms with Gasteiger partial charge in [-0.3, -0.25) is 9.59 Å². The Labute approximate surface area is 126 Å². The lowest BCUT2D eigenvalue weighted by Gasteiger charge is -2.36. The number of hydrogen-bond acceptors (Lipinski definition) is 3. The smallest absolute Gasteiger partial charge is 0.308 e. The normalized spacial score (nSPS) is 16.6. The lowest BCUT2D eigenvalue weighted by Crippen LogP contribution is -2.47. The van der Waals surface area contributed by atoms with Gasteiger partial charge >= 0.3 is 5.97 Å². The maximum absolute atomic E-state index is 12.8. The Morgan fingerprint density at radius 2 is 1.71 bits per heavy atom. The molecule has 1 saturated heterocycles. The van der Waals surface area contributed by atoms with Gasteiger partial charge in [0, 0.05) is 13.1 Å². The number of rotatable bonds is 3. The molecule has 0 N–H and O–H groups in total. The van der Waals surface area contributed by atoms with Gasteiger partial charge in [-0.05, 0) is 32.3 Å². The predicted octanol–water partition coefficient (Wildman–Crippen LogP) is 2.38. The molecule has 1 amide bonds. The van der Waals surface area contributed by atoms with Gasteiger partial charge in [-0.1, -0.05) is 30.3 Å². The minimum Gasteiger partial charge on any atom is -0.469 e. The number of hydrogen-bond donors (Lipinski definition) is 0. The summed E-state index contributed by atoms with van der Waals surface area (Å²) in [6.45, 7) is 5.15. The van der Waals surface area contributed by atoms with E-state index in [1.165, 1.54) is 7.11 Å². The predicted molar refractivity (Wildman–Crippen MR) is 80.8 cm³/mol. The largest absolute Gasteiger partial charge is 0.469 e. The zero-order valence-electron chi connectivity index (χ0n) is 13.0. The second-order valence-electron chi connectivity index (χ2n) is 6.08. The number of carbonyl (C=O) groups excluding carboxylic acids is 2. The third-order valence-corrected chi connectivity index (χ3v) is 4.35. The van der Waals surface area contributed by atoms with Gasteiger partial charge in [0.15, 0.2) is 0 Å². The molecule has 0 aromatic heterocycles. The van der Waals surface area contributed by atoms with Crippen molar-refractivity contribution < 1.29 is 14.3 Å². The maximum Gasteiger partial charge on any atom is 0.308 e. The van der Waals surface area contributed by atoms with Crippen LogP contribution in [-0.4, -0.2) is 37.0 Å². The molecule has 4 heteroatoms. The molecule has 21 heavy (non-hydrogen) atoms. The van der Waals surface area contributed by atoms with E-state index in [2.05, 4.69) is 0 Å². The number of carbonyl (C=O) groups is 2. The maximum atomic E-state index is 12.8. The van der Waals surface area contributed by atoms with E-state index in [0.717, 1.165) is 5.56 Å². The molecule has 0 bridgehead atoms. The first-order valence-electron chi connectivity index (χ1n) is 7.39. The highest BCUT2D eigenvalue weighted by atomic mass is 16.5. The molecule has 0 spiro atoms. The zero-order chi connectivity index (χ0) is 15.5. The van der Waals surface area contributed by atoms with Crippen LogP contribution < -0.4 is 0 Å². The molecule has 1 fully saturated rings. The van der Waals surface area contributed by atoms with Gasteiger partial charge in [-0.25, -0.2) is 0 Å². The van der Waals surface area contributed by atoms with Crippen LogP contribution in [0.2, 0.25) is 0 Å². The number of piperidine rings is 1. The summed E-state index contributed by atoms with van der Waals surface area (Å²) in [6.07, 6.45) is 1.37. The Kier molecular flexibility index (Phi) is 4.66. The first-order chi connectivity index (χ1) is 9.96. The van der Waals surface area contributed by atoms with Crippen molar-refractivity contribution in [1.29, 1.82) is 0 Å². The van der Waals surface area contributed by atoms with E-state index in [-0.39, 0.29) is 17.8 Å². The van der Waals surface area contributed by atoms with Gasteiger partial charge in [-0.15, -0.1) is 0 Å². The van der Waals surface area contributed by atoms with Crippen LogP contribution in [0.4, 0.5) is 0 Å². The minimum atomic E-state index is -0.542. The number of esters is 1. The molecule has 2 rings (SSSR count). The van der Waals surface area contributed by atoms with Crippen molar-refractivity contribution in [3.05, 3.63) is 35.9 Å². The van der Waals surface area contributed by atoms with E-state index in [4.69, 9.17) is 4.74 Å². The van der Waals surface area contributed by atoms with Crippen LogP contribution in [0.25, 0.3) is 0 Å². The molecule has 0 unspecified atom stereocenters. The van der Waals surface area contributed by atoms with Crippen LogP contribution in [0.15, 0.2) is 30.3 Å². The van der Waals surface area contributed by atoms with E-state index in [1.807, 2.05) is 49.1 Å². The van der Waals surface area contributed by atoms with Crippen LogP contribution in [0.1, 0.15) is 32.3 Å². The van der Waals surface area contributed by atoms with Crippen molar-refractivity contribution in [2.75, 3.05) is 20.2 Å². The summed E-state index contributed by atoms with van der Waals surface area (Å²) < 4.78 is 4.78. The number of likely N-dealkylation sites (tertiary alicyclic amines) is 1. The standard InChI is InChI=1S/C17H23NO3/c1-17(2,14-7-5-4-6-8-14)16(20)18-11-9-13(10-12-18)15(19)21-3/h4-8,13H,9-12H2,1-3H3. The Morgan fingerprint density at radius 1 is 1.14 bits per heavy atom. The molecule has 1 aromatic rings. The number of ether oxygens (including phenoxy) is 1. The second kappa shape index (κ2) is 6.29. The molecule has 4 nitrogen and oxygen atoms in total. The summed E-state index contributed by atoms with van der Waals surface area (Å²) in [4.78, 5) is 26.2. The molecule has 1 heterocycles. The van der Waals surface area contributed by atoms with Gasteiger partial charge in [0.1, 0.15) is 0 Å². The monoisotopic (exact) mass is 289 g/mol. The summed E-state index contributed by atoms with van der Waals surface area (Å²) in [7, 11) is 1.42. The van der Waals surface area contributed by atoms with Crippen LogP contribution >= 0.6 is 0 Å². The highest BCUT2D eigenvalue weighted by Crippen LogP contribution is 2.28. The van der Waals surface area contributed by atoms with Crippen LogP contribution in [0.3, 0.4) is 0 Å². The van der Waals surface area contributed by atoms with Crippen molar-refractivity contribution >= 4 is 11.9 Å². The lowest BCUT2D eigenvalue weighted by atomic mass is 9.82. The molecule has 1 aromatic carbocycles. The minimum absolute atomic E-state index is 0.0705. The van der Waals surface area contributed by atoms with Crippen LogP contribution in [0, 0.1) is 5.92 Å². The summed E-state index contributed by atoms with van der Waals surface area (Å²) in [5.74, 6) is -0.111. The van der Waals surface area contributed by atoms with Crippen molar-refractivity contribution in [3.63, 3.8) is 0 Å². The van der Waals surface area contributed by atoms with E-state index in [1.54, 1.807) is 0 Å². The second-order valence-corrected chi connectivity index (χ2v) is 6.08. The molecule has 0 aliphatic carbocycles. The van der Waals surface area contributed by atoms with Gasteiger partial charge in [0.2, 0.25) is 5.91 Å². The van der Waals surface area contributed by atoms with Crippen molar-refractivity contribution in [3.8, 4) is 0 Å². The quantitative estimate of drug-likeness (QED) is 0.803. The van der Waals surface area contributed by atoms with Gasteiger partial charge < -0.3 is 9.64 Å². The highest BCUT2D eigenvalue weighted by Gasteiger charge is 2.36. The fourth-order valence-electron chi connectivity index (χ4n) is 2.86. The van der Waals surface area contributed by atoms with E-state index in [0.29, 0.717) is 25.9 Å². The van der Waals surface area contributed by atoms with Gasteiger partial charge in [-0.2, -0.15) is 0 Å². The van der Waals surface area contributed by atoms with Crippen LogP contribution in [-0.2, 0) is 19.7 Å². The van der Waals surface area contributed by atoms with Crippen molar-refractivity contribution in [1.82, 2.24) is 4.90 Å². The Hall–Kier alpha value is -1.84. The van der Waals surface area contributed by atoms with E-state index < -0.39 is 5.41 Å². The van der Waals surface area contributed by atoms with Gasteiger partial charge in [0.25, 0.3) is 0 Å². The molecule has 1 aliphatic rings. The van der Waals surface area contributed by atoms with Crippen LogP contribution in [0.5, 0.6) is 0 Å². The fourth-order valence-corrected chi connectivity index (χ4v) is 2.86. The van der Waals surface area contributed by atoms with E-state index in [9.17, 15) is 9.59 Å². The molecule has 0 radical (unpaired) electrons. The lowest BCUT2D eigenvalue weighted by molar-refractivity contribution is -0.149. The molecule has 0 atom stereocenters. The summed E-state index contributed by atoms with van der Waals surface area (Å²) in [6, 6.07) is 9.83. The summed E-state index contributed by atoms with van der Waals surface area (Å²) >= 11 is 0. The highest BCUT2D eigenvalue weighted by molar-refractivity contribution is 5.87. The molecule has 114 valence electrons. The van der Waals surface area contributed by atoms with Crippen molar-refractivity contribution in [2.24, 2.45) is 5.92 Å². The summed E-state index contributed by atoms with van der Waals surface area (Å²) in [5, 5.41) is 0. The fraction of sp³-hybridized carbons (Fsp3) is 0.529. The number of methoxy groups -OCH3 is 1. The zero-order valence-corrected chi connectivity index (χ0v) is 13.0. The Balaban J connectivity index is 2.03. The summed E-state index contributed by atoms with van der Waals surface area (Å²) in [5.41, 5.74) is 0.476. The SMILES string of the molecule is COC(=O)C1CCN(C(=O)C(C)(C)c2ccccc2)CC1. The van der Waals surface area contributed by atoms with Gasteiger partial charge in [0.05, 0.1) is 18.4 Å². The molecule has 1 aliphatic heterocycles. The van der Waals surface area contributed by atoms with Crippen molar-refractivity contribution in [2.45, 2.75) is 32.1 Å². The first kappa shape index (κ1) is 15.5. The third-order valence-electron chi connectivity index (χ3n) is 4.35. The topological polar surface area (TPSA) is 46.6 Å². The number of benzene rings is 1. The molecule has 0 saturated carbocycles. The third kappa shape index (κ3) is 3.26. The average Bonchev–Trinajstić information content (AvgIpc) is 2.54. The Bertz CT molecular complexity index is 502. The Morgan fingerprint density at radius 3 is 2.24 bits per heavy atom. The average molecular weight is 289 g/mol. The number of nitrogens with zero attached hydrogens (tertiary/aromatic N) is 1. The van der Waals surface area contributed by atoms with E-state index >= 15 is 0 Å². The number of amides is 1.